The molecule has 0 radical (unpaired) electrons. The molecule has 0 aromatic carbocycles. The Balaban J connectivity index is 1.90. The largest absolute Gasteiger partial charge is 0.481 e. The van der Waals surface area contributed by atoms with Crippen LogP contribution in [0.25, 0.3) is 0 Å². The molecule has 0 spiro atoms. The zero-order valence-corrected chi connectivity index (χ0v) is 12.0. The summed E-state index contributed by atoms with van der Waals surface area (Å²) in [6.07, 6.45) is 3.52. The number of carboxylic acids is 1. The molecule has 2 rings (SSSR count). The van der Waals surface area contributed by atoms with Crippen molar-refractivity contribution in [2.75, 3.05) is 6.54 Å². The molecule has 0 bridgehead atoms. The fourth-order valence-corrected chi connectivity index (χ4v) is 2.83. The predicted octanol–water partition coefficient (Wildman–Crippen LogP) is 2.66. The molecule has 2 atom stereocenters. The summed E-state index contributed by atoms with van der Waals surface area (Å²) in [6.45, 7) is 0.383. The van der Waals surface area contributed by atoms with E-state index in [1.165, 1.54) is 0 Å². The van der Waals surface area contributed by atoms with Crippen LogP contribution in [-0.4, -0.2) is 23.5 Å². The highest BCUT2D eigenvalue weighted by molar-refractivity contribution is 9.10. The van der Waals surface area contributed by atoms with Crippen LogP contribution in [0.3, 0.4) is 0 Å². The number of halogens is 1. The summed E-state index contributed by atoms with van der Waals surface area (Å²) in [5, 5.41) is 11.9. The number of carbonyl (C=O) groups is 2. The number of carbonyl (C=O) groups excluding carboxylic acids is 1. The summed E-state index contributed by atoms with van der Waals surface area (Å²) in [5.41, 5.74) is 0. The van der Waals surface area contributed by atoms with Crippen molar-refractivity contribution in [2.24, 2.45) is 11.8 Å². The molecule has 2 N–H and O–H groups in total. The molecule has 1 aliphatic carbocycles. The molecular weight excluding hydrogens is 314 g/mol. The number of rotatable bonds is 4. The SMILES string of the molecule is O=C(NC[C@@H]1CCCC[C@@H]1C(=O)O)c1ccc(Br)o1. The van der Waals surface area contributed by atoms with Gasteiger partial charge in [-0.05, 0) is 46.8 Å². The standard InChI is InChI=1S/C13H16BrNO4/c14-11-6-5-10(19-11)12(16)15-7-8-3-1-2-4-9(8)13(17)18/h5-6,8-9H,1-4,7H2,(H,15,16)(H,17,18)/t8-,9-/m0/s1. The summed E-state index contributed by atoms with van der Waals surface area (Å²) in [7, 11) is 0. The number of amides is 1. The third-order valence-corrected chi connectivity index (χ3v) is 3.97. The number of carboxylic acid groups (broad SMARTS) is 1. The van der Waals surface area contributed by atoms with Gasteiger partial charge >= 0.3 is 5.97 Å². The zero-order valence-electron chi connectivity index (χ0n) is 10.4. The van der Waals surface area contributed by atoms with Gasteiger partial charge in [-0.1, -0.05) is 12.8 Å². The van der Waals surface area contributed by atoms with Crippen molar-refractivity contribution in [2.45, 2.75) is 25.7 Å². The van der Waals surface area contributed by atoms with Crippen LogP contribution < -0.4 is 5.32 Å². The molecule has 5 nitrogen and oxygen atoms in total. The summed E-state index contributed by atoms with van der Waals surface area (Å²) in [5.74, 6) is -1.18. The maximum absolute atomic E-state index is 11.8. The number of hydrogen-bond acceptors (Lipinski definition) is 3. The van der Waals surface area contributed by atoms with Gasteiger partial charge in [0.05, 0.1) is 5.92 Å². The van der Waals surface area contributed by atoms with Crippen LogP contribution >= 0.6 is 15.9 Å². The first-order valence-electron chi connectivity index (χ1n) is 6.34. The third-order valence-electron chi connectivity index (χ3n) is 3.55. The van der Waals surface area contributed by atoms with E-state index in [0.717, 1.165) is 19.3 Å². The fraction of sp³-hybridized carbons (Fsp3) is 0.538. The molecule has 1 saturated carbocycles. The molecule has 0 aliphatic heterocycles. The minimum absolute atomic E-state index is 0.00797. The van der Waals surface area contributed by atoms with E-state index < -0.39 is 5.97 Å². The maximum Gasteiger partial charge on any atom is 0.306 e. The molecule has 19 heavy (non-hydrogen) atoms. The van der Waals surface area contributed by atoms with E-state index >= 15 is 0 Å². The topological polar surface area (TPSA) is 79.5 Å². The molecule has 0 unspecified atom stereocenters. The van der Waals surface area contributed by atoms with Gasteiger partial charge in [0.25, 0.3) is 5.91 Å². The van der Waals surface area contributed by atoms with Crippen molar-refractivity contribution in [3.8, 4) is 0 Å². The van der Waals surface area contributed by atoms with E-state index in [4.69, 9.17) is 9.52 Å². The van der Waals surface area contributed by atoms with Gasteiger partial charge in [0.2, 0.25) is 0 Å². The summed E-state index contributed by atoms with van der Waals surface area (Å²) < 4.78 is 5.65. The lowest BCUT2D eigenvalue weighted by Crippen LogP contribution is -2.37. The Morgan fingerprint density at radius 2 is 2.11 bits per heavy atom. The van der Waals surface area contributed by atoms with E-state index in [-0.39, 0.29) is 23.5 Å². The summed E-state index contributed by atoms with van der Waals surface area (Å²) >= 11 is 3.13. The van der Waals surface area contributed by atoms with Crippen molar-refractivity contribution in [3.63, 3.8) is 0 Å². The Morgan fingerprint density at radius 1 is 1.37 bits per heavy atom. The third kappa shape index (κ3) is 3.59. The van der Waals surface area contributed by atoms with Gasteiger partial charge in [0.1, 0.15) is 0 Å². The van der Waals surface area contributed by atoms with E-state index in [1.54, 1.807) is 12.1 Å². The lowest BCUT2D eigenvalue weighted by Gasteiger charge is -2.28. The number of hydrogen-bond donors (Lipinski definition) is 2. The Hall–Kier alpha value is -1.30. The predicted molar refractivity (Wildman–Crippen MR) is 71.8 cm³/mol. The number of nitrogens with one attached hydrogen (secondary N) is 1. The van der Waals surface area contributed by atoms with Crippen LogP contribution in [0.5, 0.6) is 0 Å². The molecule has 1 amide bonds. The second-order valence-electron chi connectivity index (χ2n) is 4.80. The monoisotopic (exact) mass is 329 g/mol. The highest BCUT2D eigenvalue weighted by Gasteiger charge is 2.31. The van der Waals surface area contributed by atoms with Crippen LogP contribution in [0.4, 0.5) is 0 Å². The Kier molecular flexibility index (Phi) is 4.63. The number of furan rings is 1. The second-order valence-corrected chi connectivity index (χ2v) is 5.58. The van der Waals surface area contributed by atoms with Gasteiger partial charge in [-0.15, -0.1) is 0 Å². The molecule has 1 heterocycles. The van der Waals surface area contributed by atoms with Gasteiger partial charge in [-0.2, -0.15) is 0 Å². The van der Waals surface area contributed by atoms with E-state index in [2.05, 4.69) is 21.2 Å². The first-order chi connectivity index (χ1) is 9.08. The van der Waals surface area contributed by atoms with Crippen LogP contribution in [0, 0.1) is 11.8 Å². The van der Waals surface area contributed by atoms with E-state index in [0.29, 0.717) is 17.6 Å². The van der Waals surface area contributed by atoms with Gasteiger partial charge in [-0.25, -0.2) is 0 Å². The van der Waals surface area contributed by atoms with Gasteiger partial charge in [0, 0.05) is 6.54 Å². The molecule has 104 valence electrons. The van der Waals surface area contributed by atoms with Crippen molar-refractivity contribution >= 4 is 27.8 Å². The van der Waals surface area contributed by atoms with Crippen LogP contribution in [0.2, 0.25) is 0 Å². The van der Waals surface area contributed by atoms with Crippen molar-refractivity contribution in [1.29, 1.82) is 0 Å². The van der Waals surface area contributed by atoms with Gasteiger partial charge in [-0.3, -0.25) is 9.59 Å². The van der Waals surface area contributed by atoms with E-state index in [9.17, 15) is 9.59 Å². The van der Waals surface area contributed by atoms with Gasteiger partial charge in [0.15, 0.2) is 10.4 Å². The van der Waals surface area contributed by atoms with Crippen LogP contribution in [-0.2, 0) is 4.79 Å². The lowest BCUT2D eigenvalue weighted by atomic mass is 9.79. The minimum atomic E-state index is -0.764. The Morgan fingerprint density at radius 3 is 2.74 bits per heavy atom. The van der Waals surface area contributed by atoms with Crippen molar-refractivity contribution in [3.05, 3.63) is 22.6 Å². The molecule has 1 aromatic heterocycles. The Bertz CT molecular complexity index is 471. The molecule has 1 aromatic rings. The maximum atomic E-state index is 11.8. The summed E-state index contributed by atoms with van der Waals surface area (Å²) in [6, 6.07) is 3.23. The van der Waals surface area contributed by atoms with Crippen LogP contribution in [0.1, 0.15) is 36.2 Å². The quantitative estimate of drug-likeness (QED) is 0.889. The average molecular weight is 330 g/mol. The Labute approximate surface area is 119 Å². The molecule has 6 heteroatoms. The normalized spacial score (nSPS) is 23.0. The van der Waals surface area contributed by atoms with Gasteiger partial charge < -0.3 is 14.8 Å². The highest BCUT2D eigenvalue weighted by Crippen LogP contribution is 2.29. The lowest BCUT2D eigenvalue weighted by molar-refractivity contribution is -0.144. The second kappa shape index (κ2) is 6.23. The first-order valence-corrected chi connectivity index (χ1v) is 7.13. The van der Waals surface area contributed by atoms with E-state index in [1.807, 2.05) is 0 Å². The van der Waals surface area contributed by atoms with Crippen LogP contribution in [0.15, 0.2) is 21.2 Å². The molecule has 1 aliphatic rings. The minimum Gasteiger partial charge on any atom is -0.481 e. The zero-order chi connectivity index (χ0) is 13.8. The first kappa shape index (κ1) is 14.1. The summed E-state index contributed by atoms with van der Waals surface area (Å²) in [4.78, 5) is 22.9. The van der Waals surface area contributed by atoms with Crippen molar-refractivity contribution < 1.29 is 19.1 Å². The highest BCUT2D eigenvalue weighted by atomic mass is 79.9. The molecule has 1 fully saturated rings. The molecule has 0 saturated heterocycles. The molecular formula is C13H16BrNO4. The fourth-order valence-electron chi connectivity index (χ4n) is 2.52. The average Bonchev–Trinajstić information content (AvgIpc) is 2.83. The van der Waals surface area contributed by atoms with Crippen molar-refractivity contribution in [1.82, 2.24) is 5.32 Å². The smallest absolute Gasteiger partial charge is 0.306 e. The number of aliphatic carboxylic acids is 1.